The van der Waals surface area contributed by atoms with Crippen molar-refractivity contribution in [2.24, 2.45) is 0 Å². The molecule has 0 aliphatic carbocycles. The number of pyridine rings is 1. The summed E-state index contributed by atoms with van der Waals surface area (Å²) < 4.78 is 11.1. The van der Waals surface area contributed by atoms with Gasteiger partial charge in [-0.25, -0.2) is 0 Å². The minimum absolute atomic E-state index is 0.626. The fourth-order valence-corrected chi connectivity index (χ4v) is 2.05. The maximum Gasteiger partial charge on any atom is 0.161 e. The van der Waals surface area contributed by atoms with Gasteiger partial charge in [-0.1, -0.05) is 6.07 Å². The molecule has 4 heteroatoms. The molecule has 3 rings (SSSR count). The third-order valence-electron chi connectivity index (χ3n) is 3.01. The van der Waals surface area contributed by atoms with E-state index in [1.54, 1.807) is 12.4 Å². The molecule has 1 N–H and O–H groups in total. The maximum atomic E-state index is 5.57. The Balaban J connectivity index is 1.58. The molecule has 0 amide bonds. The Kier molecular flexibility index (Phi) is 3.61. The predicted molar refractivity (Wildman–Crippen MR) is 72.2 cm³/mol. The Morgan fingerprint density at radius 1 is 0.895 bits per heavy atom. The fourth-order valence-electron chi connectivity index (χ4n) is 2.05. The lowest BCUT2D eigenvalue weighted by Crippen LogP contribution is -2.16. The first-order valence-corrected chi connectivity index (χ1v) is 6.40. The molecule has 0 fully saturated rings. The zero-order chi connectivity index (χ0) is 12.9. The van der Waals surface area contributed by atoms with Crippen LogP contribution in [0.2, 0.25) is 0 Å². The highest BCUT2D eigenvalue weighted by Gasteiger charge is 2.11. The van der Waals surface area contributed by atoms with Crippen LogP contribution in [0.3, 0.4) is 0 Å². The summed E-state index contributed by atoms with van der Waals surface area (Å²) in [5.74, 6) is 1.68. The lowest BCUT2D eigenvalue weighted by Gasteiger charge is -2.19. The van der Waals surface area contributed by atoms with Crippen LogP contribution in [0.4, 0.5) is 0 Å². The van der Waals surface area contributed by atoms with E-state index < -0.39 is 0 Å². The Morgan fingerprint density at radius 2 is 1.63 bits per heavy atom. The monoisotopic (exact) mass is 256 g/mol. The second-order valence-corrected chi connectivity index (χ2v) is 4.44. The molecule has 0 bridgehead atoms. The molecule has 1 aliphatic heterocycles. The highest BCUT2D eigenvalue weighted by molar-refractivity contribution is 5.43. The molecule has 0 atom stereocenters. The third-order valence-corrected chi connectivity index (χ3v) is 3.01. The van der Waals surface area contributed by atoms with Gasteiger partial charge in [0, 0.05) is 25.5 Å². The van der Waals surface area contributed by atoms with Crippen LogP contribution >= 0.6 is 0 Å². The second-order valence-electron chi connectivity index (χ2n) is 4.44. The summed E-state index contributed by atoms with van der Waals surface area (Å²) in [6.07, 6.45) is 3.61. The van der Waals surface area contributed by atoms with Crippen molar-refractivity contribution in [1.82, 2.24) is 10.3 Å². The first-order chi connectivity index (χ1) is 9.42. The van der Waals surface area contributed by atoms with Gasteiger partial charge in [0.25, 0.3) is 0 Å². The highest BCUT2D eigenvalue weighted by atomic mass is 16.6. The van der Waals surface area contributed by atoms with Crippen molar-refractivity contribution in [2.75, 3.05) is 13.2 Å². The van der Waals surface area contributed by atoms with Crippen molar-refractivity contribution in [2.45, 2.75) is 13.1 Å². The molecule has 0 radical (unpaired) electrons. The minimum atomic E-state index is 0.626. The normalized spacial score (nSPS) is 13.3. The molecule has 1 aliphatic rings. The van der Waals surface area contributed by atoms with E-state index in [1.165, 1.54) is 11.1 Å². The molecule has 1 aromatic carbocycles. The Morgan fingerprint density at radius 3 is 2.47 bits per heavy atom. The molecular weight excluding hydrogens is 240 g/mol. The van der Waals surface area contributed by atoms with E-state index in [-0.39, 0.29) is 0 Å². The average Bonchev–Trinajstić information content (AvgIpc) is 2.48. The zero-order valence-corrected chi connectivity index (χ0v) is 10.6. The number of benzene rings is 1. The van der Waals surface area contributed by atoms with Gasteiger partial charge < -0.3 is 14.8 Å². The van der Waals surface area contributed by atoms with Gasteiger partial charge in [0.2, 0.25) is 0 Å². The van der Waals surface area contributed by atoms with Gasteiger partial charge in [-0.3, -0.25) is 4.98 Å². The van der Waals surface area contributed by atoms with Crippen LogP contribution in [0.25, 0.3) is 0 Å². The Bertz CT molecular complexity index is 543. The van der Waals surface area contributed by atoms with Gasteiger partial charge >= 0.3 is 0 Å². The van der Waals surface area contributed by atoms with Gasteiger partial charge in [0.05, 0.1) is 0 Å². The SMILES string of the molecule is c1cc(CNCc2ccc3c(c2)OCCO3)ccn1. The lowest BCUT2D eigenvalue weighted by molar-refractivity contribution is 0.171. The van der Waals surface area contributed by atoms with E-state index in [4.69, 9.17) is 9.47 Å². The van der Waals surface area contributed by atoms with Gasteiger partial charge in [0.1, 0.15) is 13.2 Å². The number of hydrogen-bond donors (Lipinski definition) is 1. The van der Waals surface area contributed by atoms with Crippen molar-refractivity contribution in [1.29, 1.82) is 0 Å². The van der Waals surface area contributed by atoms with Gasteiger partial charge in [-0.2, -0.15) is 0 Å². The van der Waals surface area contributed by atoms with Crippen LogP contribution < -0.4 is 14.8 Å². The van der Waals surface area contributed by atoms with Crippen LogP contribution in [0.15, 0.2) is 42.7 Å². The highest BCUT2D eigenvalue weighted by Crippen LogP contribution is 2.30. The maximum absolute atomic E-state index is 5.57. The van der Waals surface area contributed by atoms with Gasteiger partial charge in [0.15, 0.2) is 11.5 Å². The molecule has 2 heterocycles. The first kappa shape index (κ1) is 12.0. The molecule has 0 spiro atoms. The van der Waals surface area contributed by atoms with Crippen molar-refractivity contribution in [3.05, 3.63) is 53.9 Å². The lowest BCUT2D eigenvalue weighted by atomic mass is 10.2. The molecule has 0 unspecified atom stereocenters. The van der Waals surface area contributed by atoms with Crippen molar-refractivity contribution in [3.8, 4) is 11.5 Å². The molecule has 0 saturated carbocycles. The van der Waals surface area contributed by atoms with Crippen LogP contribution in [0, 0.1) is 0 Å². The summed E-state index contributed by atoms with van der Waals surface area (Å²) in [7, 11) is 0. The molecule has 2 aromatic rings. The van der Waals surface area contributed by atoms with Gasteiger partial charge in [-0.05, 0) is 35.4 Å². The number of rotatable bonds is 4. The van der Waals surface area contributed by atoms with Crippen LogP contribution in [-0.2, 0) is 13.1 Å². The van der Waals surface area contributed by atoms with Crippen LogP contribution in [-0.4, -0.2) is 18.2 Å². The van der Waals surface area contributed by atoms with E-state index in [0.717, 1.165) is 24.6 Å². The van der Waals surface area contributed by atoms with Crippen molar-refractivity contribution in [3.63, 3.8) is 0 Å². The zero-order valence-electron chi connectivity index (χ0n) is 10.6. The number of nitrogens with zero attached hydrogens (tertiary/aromatic N) is 1. The molecule has 1 aromatic heterocycles. The van der Waals surface area contributed by atoms with Crippen molar-refractivity contribution < 1.29 is 9.47 Å². The summed E-state index contributed by atoms with van der Waals surface area (Å²) >= 11 is 0. The van der Waals surface area contributed by atoms with E-state index >= 15 is 0 Å². The third kappa shape index (κ3) is 3.03. The molecule has 4 nitrogen and oxygen atoms in total. The average molecular weight is 256 g/mol. The first-order valence-electron chi connectivity index (χ1n) is 6.40. The minimum Gasteiger partial charge on any atom is -0.486 e. The summed E-state index contributed by atoms with van der Waals surface area (Å²) in [6, 6.07) is 10.1. The second kappa shape index (κ2) is 5.71. The fraction of sp³-hybridized carbons (Fsp3) is 0.267. The number of hydrogen-bond acceptors (Lipinski definition) is 4. The van der Waals surface area contributed by atoms with Gasteiger partial charge in [-0.15, -0.1) is 0 Å². The molecular formula is C15H16N2O2. The molecule has 0 saturated heterocycles. The van der Waals surface area contributed by atoms with Crippen molar-refractivity contribution >= 4 is 0 Å². The summed E-state index contributed by atoms with van der Waals surface area (Å²) in [6.45, 7) is 2.89. The van der Waals surface area contributed by atoms with E-state index in [1.807, 2.05) is 24.3 Å². The standard InChI is InChI=1S/C15H16N2O2/c1-2-14-15(19-8-7-18-14)9-13(1)11-17-10-12-3-5-16-6-4-12/h1-6,9,17H,7-8,10-11H2. The smallest absolute Gasteiger partial charge is 0.161 e. The molecule has 19 heavy (non-hydrogen) atoms. The summed E-state index contributed by atoms with van der Waals surface area (Å²) in [4.78, 5) is 4.00. The number of aromatic nitrogens is 1. The van der Waals surface area contributed by atoms with Crippen LogP contribution in [0.1, 0.15) is 11.1 Å². The quantitative estimate of drug-likeness (QED) is 0.910. The van der Waals surface area contributed by atoms with Crippen LogP contribution in [0.5, 0.6) is 11.5 Å². The Labute approximate surface area is 112 Å². The largest absolute Gasteiger partial charge is 0.486 e. The number of ether oxygens (including phenoxy) is 2. The van der Waals surface area contributed by atoms with E-state index in [9.17, 15) is 0 Å². The predicted octanol–water partition coefficient (Wildman–Crippen LogP) is 2.14. The summed E-state index contributed by atoms with van der Waals surface area (Å²) in [5.41, 5.74) is 2.42. The topological polar surface area (TPSA) is 43.4 Å². The number of nitrogens with one attached hydrogen (secondary N) is 1. The Hall–Kier alpha value is -2.07. The van der Waals surface area contributed by atoms with E-state index in [0.29, 0.717) is 13.2 Å². The summed E-state index contributed by atoms with van der Waals surface area (Å²) in [5, 5.41) is 3.40. The molecule has 98 valence electrons. The number of fused-ring (bicyclic) bond motifs is 1. The van der Waals surface area contributed by atoms with E-state index in [2.05, 4.69) is 16.4 Å².